The summed E-state index contributed by atoms with van der Waals surface area (Å²) in [5.74, 6) is -1.06. The van der Waals surface area contributed by atoms with Crippen molar-refractivity contribution >= 4 is 17.7 Å². The predicted molar refractivity (Wildman–Crippen MR) is 82.6 cm³/mol. The van der Waals surface area contributed by atoms with Crippen molar-refractivity contribution in [2.24, 2.45) is 5.41 Å². The Morgan fingerprint density at radius 1 is 1.29 bits per heavy atom. The number of non-ortho nitro benzene ring substituents is 1. The van der Waals surface area contributed by atoms with E-state index in [0.717, 1.165) is 18.4 Å². The zero-order chi connectivity index (χ0) is 17.1. The molecule has 126 valence electrons. The number of carboxylic acid groups (broad SMARTS) is 1. The first-order valence-electron chi connectivity index (χ1n) is 7.90. The molecule has 4 rings (SSSR count). The molecule has 8 nitrogen and oxygen atoms in total. The number of amides is 2. The minimum Gasteiger partial charge on any atom is -0.479 e. The van der Waals surface area contributed by atoms with Crippen molar-refractivity contribution in [1.29, 1.82) is 0 Å². The topological polar surface area (TPSA) is 113 Å². The molecule has 8 heteroatoms. The smallest absolute Gasteiger partial charge is 0.330 e. The fourth-order valence-corrected chi connectivity index (χ4v) is 3.89. The Balaban J connectivity index is 1.71. The molecule has 2 fully saturated rings. The van der Waals surface area contributed by atoms with Crippen LogP contribution in [0.3, 0.4) is 0 Å². The molecule has 2 N–H and O–H groups in total. The van der Waals surface area contributed by atoms with Crippen LogP contribution >= 0.6 is 0 Å². The standard InChI is InChI=1S/C16H17N3O5/c20-13(21)16(18-9-15(3-4-15)8-17-14(18)22)6-10-1-2-12(19(23)24)5-11(10)7-16/h1-2,5H,3-4,6-9H2,(H,17,22)(H,20,21). The van der Waals surface area contributed by atoms with Crippen LogP contribution in [0.5, 0.6) is 0 Å². The van der Waals surface area contributed by atoms with Gasteiger partial charge in [-0.25, -0.2) is 9.59 Å². The molecule has 1 aliphatic heterocycles. The van der Waals surface area contributed by atoms with Crippen molar-refractivity contribution in [2.45, 2.75) is 31.2 Å². The third-order valence-electron chi connectivity index (χ3n) is 5.59. The van der Waals surface area contributed by atoms with Crippen LogP contribution in [-0.4, -0.2) is 45.6 Å². The summed E-state index contributed by atoms with van der Waals surface area (Å²) in [5, 5.41) is 23.7. The molecule has 3 aliphatic rings. The number of urea groups is 1. The van der Waals surface area contributed by atoms with Crippen LogP contribution in [0.25, 0.3) is 0 Å². The number of fused-ring (bicyclic) bond motifs is 1. The van der Waals surface area contributed by atoms with Gasteiger partial charge in [-0.05, 0) is 24.0 Å². The highest BCUT2D eigenvalue weighted by atomic mass is 16.6. The highest BCUT2D eigenvalue weighted by molar-refractivity contribution is 5.88. The molecule has 1 saturated carbocycles. The van der Waals surface area contributed by atoms with Gasteiger partial charge in [0.25, 0.3) is 5.69 Å². The zero-order valence-electron chi connectivity index (χ0n) is 12.9. The van der Waals surface area contributed by atoms with E-state index in [1.807, 2.05) is 0 Å². The molecule has 1 heterocycles. The molecule has 0 radical (unpaired) electrons. The second-order valence-electron chi connectivity index (χ2n) is 7.15. The number of hydrogen-bond acceptors (Lipinski definition) is 4. The van der Waals surface area contributed by atoms with Crippen LogP contribution in [-0.2, 0) is 17.6 Å². The van der Waals surface area contributed by atoms with Crippen molar-refractivity contribution in [3.8, 4) is 0 Å². The van der Waals surface area contributed by atoms with Gasteiger partial charge in [0.05, 0.1) is 4.92 Å². The lowest BCUT2D eigenvalue weighted by Crippen LogP contribution is -2.65. The number of nitro benzene ring substituents is 1. The number of aliphatic carboxylic acids is 1. The van der Waals surface area contributed by atoms with Crippen LogP contribution in [0.1, 0.15) is 24.0 Å². The number of nitro groups is 1. The van der Waals surface area contributed by atoms with Crippen LogP contribution in [0.4, 0.5) is 10.5 Å². The van der Waals surface area contributed by atoms with Gasteiger partial charge in [0.2, 0.25) is 0 Å². The maximum atomic E-state index is 12.4. The molecule has 1 spiro atoms. The lowest BCUT2D eigenvalue weighted by molar-refractivity contribution is -0.384. The van der Waals surface area contributed by atoms with E-state index in [4.69, 9.17) is 0 Å². The number of hydrogen-bond donors (Lipinski definition) is 2. The monoisotopic (exact) mass is 331 g/mol. The van der Waals surface area contributed by atoms with Crippen molar-refractivity contribution in [3.63, 3.8) is 0 Å². The van der Waals surface area contributed by atoms with E-state index in [-0.39, 0.29) is 30.0 Å². The van der Waals surface area contributed by atoms with Crippen molar-refractivity contribution in [1.82, 2.24) is 10.2 Å². The number of nitrogens with zero attached hydrogens (tertiary/aromatic N) is 2. The molecule has 1 aromatic carbocycles. The molecule has 1 aromatic rings. The summed E-state index contributed by atoms with van der Waals surface area (Å²) in [6.07, 6.45) is 2.25. The van der Waals surface area contributed by atoms with E-state index in [1.165, 1.54) is 17.0 Å². The van der Waals surface area contributed by atoms with E-state index in [2.05, 4.69) is 5.32 Å². The summed E-state index contributed by atoms with van der Waals surface area (Å²) in [6.45, 7) is 1.03. The number of rotatable bonds is 3. The van der Waals surface area contributed by atoms with Crippen molar-refractivity contribution in [3.05, 3.63) is 39.4 Å². The lowest BCUT2D eigenvalue weighted by Gasteiger charge is -2.43. The SMILES string of the molecule is O=C1NCC2(CC2)CN1C1(C(=O)O)Cc2ccc([N+](=O)[O-])cc2C1. The Labute approximate surface area is 137 Å². The number of carbonyl (C=O) groups is 2. The van der Waals surface area contributed by atoms with Gasteiger partial charge in [0.15, 0.2) is 0 Å². The van der Waals surface area contributed by atoms with Gasteiger partial charge >= 0.3 is 12.0 Å². The minimum atomic E-state index is -1.36. The fraction of sp³-hybridized carbons (Fsp3) is 0.500. The Hall–Kier alpha value is -2.64. The summed E-state index contributed by atoms with van der Waals surface area (Å²) in [4.78, 5) is 36.4. The summed E-state index contributed by atoms with van der Waals surface area (Å²) in [7, 11) is 0. The van der Waals surface area contributed by atoms with E-state index in [1.54, 1.807) is 6.07 Å². The first-order chi connectivity index (χ1) is 11.4. The van der Waals surface area contributed by atoms with Gasteiger partial charge in [-0.1, -0.05) is 6.07 Å². The van der Waals surface area contributed by atoms with Crippen LogP contribution in [0.15, 0.2) is 18.2 Å². The molecule has 24 heavy (non-hydrogen) atoms. The van der Waals surface area contributed by atoms with Gasteiger partial charge in [-0.3, -0.25) is 10.1 Å². The van der Waals surface area contributed by atoms with E-state index >= 15 is 0 Å². The molecule has 1 unspecified atom stereocenters. The average Bonchev–Trinajstić information content (AvgIpc) is 3.17. The van der Waals surface area contributed by atoms with Gasteiger partial charge < -0.3 is 15.3 Å². The predicted octanol–water partition coefficient (Wildman–Crippen LogP) is 1.32. The lowest BCUT2D eigenvalue weighted by atomic mass is 9.90. The first kappa shape index (κ1) is 14.9. The minimum absolute atomic E-state index is 0.00285. The molecule has 1 atom stereocenters. The van der Waals surface area contributed by atoms with Gasteiger partial charge in [-0.15, -0.1) is 0 Å². The zero-order valence-corrected chi connectivity index (χ0v) is 12.9. The van der Waals surface area contributed by atoms with Gasteiger partial charge in [-0.2, -0.15) is 0 Å². The first-order valence-corrected chi connectivity index (χ1v) is 7.90. The highest BCUT2D eigenvalue weighted by Crippen LogP contribution is 2.49. The van der Waals surface area contributed by atoms with Crippen molar-refractivity contribution < 1.29 is 19.6 Å². The Kier molecular flexibility index (Phi) is 2.91. The van der Waals surface area contributed by atoms with Crippen molar-refractivity contribution in [2.75, 3.05) is 13.1 Å². The Bertz CT molecular complexity index is 773. The summed E-state index contributed by atoms with van der Waals surface area (Å²) < 4.78 is 0. The van der Waals surface area contributed by atoms with E-state index < -0.39 is 16.4 Å². The molecule has 0 aromatic heterocycles. The summed E-state index contributed by atoms with van der Waals surface area (Å²) in [6, 6.07) is 4.05. The summed E-state index contributed by atoms with van der Waals surface area (Å²) >= 11 is 0. The van der Waals surface area contributed by atoms with Crippen LogP contribution in [0.2, 0.25) is 0 Å². The van der Waals surface area contributed by atoms with Gasteiger partial charge in [0.1, 0.15) is 5.54 Å². The number of benzene rings is 1. The fourth-order valence-electron chi connectivity index (χ4n) is 3.89. The third kappa shape index (κ3) is 2.05. The number of carbonyl (C=O) groups excluding carboxylic acids is 1. The van der Waals surface area contributed by atoms with Crippen LogP contribution in [0, 0.1) is 15.5 Å². The third-order valence-corrected chi connectivity index (χ3v) is 5.59. The normalized spacial score (nSPS) is 26.8. The quantitative estimate of drug-likeness (QED) is 0.641. The molecular formula is C16H17N3O5. The summed E-state index contributed by atoms with van der Waals surface area (Å²) in [5.41, 5.74) is -0.0351. The second kappa shape index (κ2) is 4.68. The van der Waals surface area contributed by atoms with Crippen LogP contribution < -0.4 is 5.32 Å². The number of nitrogens with one attached hydrogen (secondary N) is 1. The maximum Gasteiger partial charge on any atom is 0.330 e. The molecule has 1 saturated heterocycles. The largest absolute Gasteiger partial charge is 0.479 e. The average molecular weight is 331 g/mol. The Morgan fingerprint density at radius 2 is 2.00 bits per heavy atom. The molecule has 0 bridgehead atoms. The molecular weight excluding hydrogens is 314 g/mol. The van der Waals surface area contributed by atoms with E-state index in [9.17, 15) is 24.8 Å². The highest BCUT2D eigenvalue weighted by Gasteiger charge is 2.57. The van der Waals surface area contributed by atoms with Gasteiger partial charge in [0, 0.05) is 43.5 Å². The Morgan fingerprint density at radius 3 is 2.62 bits per heavy atom. The van der Waals surface area contributed by atoms with E-state index in [0.29, 0.717) is 18.7 Å². The second-order valence-corrected chi connectivity index (χ2v) is 7.15. The molecule has 2 amide bonds. The molecule has 2 aliphatic carbocycles. The number of carboxylic acids is 1. The maximum absolute atomic E-state index is 12.4.